The number of hydrogen-bond acceptors (Lipinski definition) is 10. The van der Waals surface area contributed by atoms with E-state index >= 15 is 0 Å². The fraction of sp³-hybridized carbons (Fsp3) is 0.273. The first-order valence-electron chi connectivity index (χ1n) is 36.8. The molecule has 9 heterocycles. The van der Waals surface area contributed by atoms with Gasteiger partial charge < -0.3 is 9.97 Å². The number of benzene rings is 8. The maximum Gasteiger partial charge on any atom is 0.164 e. The Hall–Kier alpha value is -9.04. The molecule has 0 radical (unpaired) electrons. The molecular formula is C88H82N8S4. The van der Waals surface area contributed by atoms with Gasteiger partial charge in [0.2, 0.25) is 0 Å². The number of unbranched alkanes of at least 4 members (excludes halogenated alkanes) is 12. The van der Waals surface area contributed by atoms with Crippen molar-refractivity contribution in [3.63, 3.8) is 0 Å². The zero-order valence-electron chi connectivity index (χ0n) is 57.6. The number of hydrogen-bond donors (Lipinski definition) is 2. The number of H-pyrrole nitrogens is 2. The Morgan fingerprint density at radius 2 is 0.500 bits per heavy atom. The first-order valence-corrected chi connectivity index (χ1v) is 40.0. The van der Waals surface area contributed by atoms with Crippen LogP contribution in [0.5, 0.6) is 0 Å². The summed E-state index contributed by atoms with van der Waals surface area (Å²) in [6, 6.07) is 64.7. The average Bonchev–Trinajstić information content (AvgIpc) is 1.58. The Labute approximate surface area is 600 Å². The summed E-state index contributed by atoms with van der Waals surface area (Å²) in [5.41, 5.74) is 16.9. The quantitative estimate of drug-likeness (QED) is 0.0584. The summed E-state index contributed by atoms with van der Waals surface area (Å²) in [5.74, 6) is 2.37. The van der Waals surface area contributed by atoms with E-state index in [1.807, 2.05) is 45.3 Å². The van der Waals surface area contributed by atoms with Crippen molar-refractivity contribution in [1.29, 1.82) is 0 Å². The summed E-state index contributed by atoms with van der Waals surface area (Å²) in [5, 5.41) is 8.44. The van der Waals surface area contributed by atoms with E-state index in [1.165, 1.54) is 186 Å². The number of rotatable bonds is 24. The summed E-state index contributed by atoms with van der Waals surface area (Å²) in [7, 11) is 0. The molecule has 100 heavy (non-hydrogen) atoms. The zero-order valence-corrected chi connectivity index (χ0v) is 60.9. The highest BCUT2D eigenvalue weighted by Gasteiger charge is 2.26. The molecule has 12 heteroatoms. The van der Waals surface area contributed by atoms with Gasteiger partial charge in [-0.3, -0.25) is 0 Å². The molecule has 0 aliphatic carbocycles. The third-order valence-corrected chi connectivity index (χ3v) is 25.2. The van der Waals surface area contributed by atoms with Gasteiger partial charge in [0, 0.05) is 82.1 Å². The van der Waals surface area contributed by atoms with E-state index < -0.39 is 0 Å². The minimum absolute atomic E-state index is 0.591. The molecule has 0 spiro atoms. The molecule has 17 rings (SSSR count). The van der Waals surface area contributed by atoms with Gasteiger partial charge in [0.15, 0.2) is 23.3 Å². The number of nitrogens with zero attached hydrogens (tertiary/aromatic N) is 6. The van der Waals surface area contributed by atoms with Crippen LogP contribution in [0.25, 0.3) is 172 Å². The van der Waals surface area contributed by atoms with Crippen LogP contribution < -0.4 is 0 Å². The summed E-state index contributed by atoms with van der Waals surface area (Å²) in [4.78, 5) is 46.2. The van der Waals surface area contributed by atoms with Gasteiger partial charge in [0.25, 0.3) is 0 Å². The zero-order chi connectivity index (χ0) is 67.2. The largest absolute Gasteiger partial charge is 0.324 e. The molecule has 2 N–H and O–H groups in total. The number of aromatic nitrogens is 8. The normalized spacial score (nSPS) is 12.2. The Bertz CT molecular complexity index is 5140. The molecule has 15 aromatic rings. The third kappa shape index (κ3) is 12.9. The average molecular weight is 1380 g/mol. The molecule has 0 saturated carbocycles. The predicted molar refractivity (Wildman–Crippen MR) is 431 cm³/mol. The predicted octanol–water partition coefficient (Wildman–Crippen LogP) is 26.9. The Kier molecular flexibility index (Phi) is 18.1. The maximum absolute atomic E-state index is 5.66. The third-order valence-electron chi connectivity index (χ3n) is 20.6. The van der Waals surface area contributed by atoms with E-state index in [2.05, 4.69) is 208 Å². The van der Waals surface area contributed by atoms with Crippen molar-refractivity contribution in [2.75, 3.05) is 0 Å². The summed E-state index contributed by atoms with van der Waals surface area (Å²) < 4.78 is 4.69. The Morgan fingerprint density at radius 1 is 0.250 bits per heavy atom. The lowest BCUT2D eigenvalue weighted by molar-refractivity contribution is 0.667. The van der Waals surface area contributed by atoms with Gasteiger partial charge in [0.1, 0.15) is 22.6 Å². The van der Waals surface area contributed by atoms with Crippen molar-refractivity contribution >= 4 is 130 Å². The highest BCUT2D eigenvalue weighted by atomic mass is 32.1. The lowest BCUT2D eigenvalue weighted by atomic mass is 10.0. The van der Waals surface area contributed by atoms with E-state index in [0.29, 0.717) is 45.9 Å². The van der Waals surface area contributed by atoms with Crippen LogP contribution in [-0.4, -0.2) is 39.9 Å². The number of fused-ring (bicyclic) bond motifs is 24. The van der Waals surface area contributed by atoms with Gasteiger partial charge in [-0.2, -0.15) is 0 Å². The molecule has 8 aromatic carbocycles. The van der Waals surface area contributed by atoms with Crippen molar-refractivity contribution in [3.8, 4) is 87.3 Å². The lowest BCUT2D eigenvalue weighted by Gasteiger charge is -2.03. The van der Waals surface area contributed by atoms with Gasteiger partial charge in [-0.15, -0.1) is 45.3 Å². The molecule has 0 unspecified atom stereocenters. The minimum Gasteiger partial charge on any atom is -0.324 e. The summed E-state index contributed by atoms with van der Waals surface area (Å²) in [6.07, 6.45) is 24.6. The molecule has 498 valence electrons. The van der Waals surface area contributed by atoms with E-state index in [-0.39, 0.29) is 0 Å². The van der Waals surface area contributed by atoms with Gasteiger partial charge in [0.05, 0.1) is 0 Å². The topological polar surface area (TPSA) is 109 Å². The summed E-state index contributed by atoms with van der Waals surface area (Å²) in [6.45, 7) is 9.11. The minimum atomic E-state index is 0.591. The SMILES string of the molecule is CCCCCCc1ccc(-c2cc3cc4c(cc3s2)-c2nc-4nc3[nH]c(nc4nc(nc5[nH]c(n2)c2cc6cc(-c7ccc(CCCCCC)cc7)sc6cc52)-c2cc5cc(-c6ccc(CCCCCC)cc6)sc5cc2-4)c2cc4cc(-c5ccc(CCCCCC)cc5)sc4cc32)cc1. The van der Waals surface area contributed by atoms with E-state index in [0.717, 1.165) is 91.0 Å². The van der Waals surface area contributed by atoms with Crippen molar-refractivity contribution in [3.05, 3.63) is 192 Å². The molecule has 8 nitrogen and oxygen atoms in total. The van der Waals surface area contributed by atoms with Crippen molar-refractivity contribution in [2.24, 2.45) is 0 Å². The van der Waals surface area contributed by atoms with E-state index in [9.17, 15) is 0 Å². The smallest absolute Gasteiger partial charge is 0.164 e. The number of aromatic amines is 2. The lowest BCUT2D eigenvalue weighted by Crippen LogP contribution is -1.85. The monoisotopic (exact) mass is 1380 g/mol. The van der Waals surface area contributed by atoms with Crippen molar-refractivity contribution in [2.45, 2.75) is 156 Å². The van der Waals surface area contributed by atoms with Crippen LogP contribution in [-0.2, 0) is 25.7 Å². The number of thiophene rings is 4. The fourth-order valence-corrected chi connectivity index (χ4v) is 19.2. The molecule has 0 atom stereocenters. The molecular weight excluding hydrogens is 1300 g/mol. The number of aryl methyl sites for hydroxylation is 4. The van der Waals surface area contributed by atoms with Crippen LogP contribution >= 0.6 is 45.3 Å². The second kappa shape index (κ2) is 28.2. The standard InChI is InChI=1S/C88H82N8S4/c1-5-9-13-17-21-53-25-33-57(34-26-53)73-45-61-41-65-69(49-77(61)97-73)85-89-81(65)93-86-70-50-78-63(47-75(98-78)59-37-29-55(30-38-59)23-19-15-11-7-3)43-67(70)83(91-86)95-88-72-52-80-64(48-76(100-80)60-39-31-56(32-40-60)24-20-16-12-8-4)44-68(72)84(92-88)96-87-71-51-79-62(42-66(71)82(90-87)94-85)46-74(99-79)58-35-27-54(28-36-58)22-18-14-10-6-2/h25-52H,5-24H2,1-4H3,(H2,89,90,91,92,93,94,95,96). The maximum atomic E-state index is 5.66. The van der Waals surface area contributed by atoms with Crippen LogP contribution in [0.2, 0.25) is 0 Å². The van der Waals surface area contributed by atoms with Crippen molar-refractivity contribution < 1.29 is 0 Å². The first kappa shape index (κ1) is 64.3. The molecule has 8 bridgehead atoms. The molecule has 0 saturated heterocycles. The van der Waals surface area contributed by atoms with Crippen LogP contribution in [0.1, 0.15) is 153 Å². The van der Waals surface area contributed by atoms with E-state index in [1.54, 1.807) is 0 Å². The molecule has 2 aliphatic heterocycles. The van der Waals surface area contributed by atoms with Gasteiger partial charge >= 0.3 is 0 Å². The fourth-order valence-electron chi connectivity index (χ4n) is 14.9. The molecule has 7 aromatic heterocycles. The van der Waals surface area contributed by atoms with E-state index in [4.69, 9.17) is 29.9 Å². The van der Waals surface area contributed by atoms with Crippen LogP contribution in [0.4, 0.5) is 0 Å². The van der Waals surface area contributed by atoms with Gasteiger partial charge in [-0.25, -0.2) is 29.9 Å². The molecule has 2 aliphatic rings. The highest BCUT2D eigenvalue weighted by molar-refractivity contribution is 7.23. The highest BCUT2D eigenvalue weighted by Crippen LogP contribution is 2.47. The Balaban J connectivity index is 0.862. The van der Waals surface area contributed by atoms with Crippen LogP contribution in [0.3, 0.4) is 0 Å². The molecule has 0 fully saturated rings. The Morgan fingerprint density at radius 3 is 0.780 bits per heavy atom. The van der Waals surface area contributed by atoms with Crippen LogP contribution in [0, 0.1) is 0 Å². The molecule has 0 amide bonds. The van der Waals surface area contributed by atoms with Gasteiger partial charge in [-0.1, -0.05) is 202 Å². The van der Waals surface area contributed by atoms with Crippen molar-refractivity contribution in [1.82, 2.24) is 39.9 Å². The first-order chi connectivity index (χ1) is 49.3. The van der Waals surface area contributed by atoms with Crippen LogP contribution in [0.15, 0.2) is 170 Å². The summed E-state index contributed by atoms with van der Waals surface area (Å²) >= 11 is 7.28. The number of nitrogens with one attached hydrogen (secondary N) is 2. The second-order valence-corrected chi connectivity index (χ2v) is 32.2. The van der Waals surface area contributed by atoms with Gasteiger partial charge in [-0.05, 0) is 190 Å². The second-order valence-electron chi connectivity index (χ2n) is 27.8.